The summed E-state index contributed by atoms with van der Waals surface area (Å²) in [6.45, 7) is 1.85. The summed E-state index contributed by atoms with van der Waals surface area (Å²) in [5.74, 6) is -2.27. The van der Waals surface area contributed by atoms with Crippen LogP contribution in [0.1, 0.15) is 19.3 Å². The van der Waals surface area contributed by atoms with E-state index in [1.165, 1.54) is 0 Å². The van der Waals surface area contributed by atoms with Crippen molar-refractivity contribution in [1.29, 1.82) is 0 Å². The second kappa shape index (κ2) is 7.59. The topological polar surface area (TPSA) is 41.1 Å². The smallest absolute Gasteiger partial charge is 0.288 e. The molecule has 1 aromatic carbocycles. The van der Waals surface area contributed by atoms with Crippen molar-refractivity contribution in [2.75, 3.05) is 18.4 Å². The normalized spacial score (nSPS) is 19.1. The van der Waals surface area contributed by atoms with Gasteiger partial charge in [0.15, 0.2) is 0 Å². The Morgan fingerprint density at radius 1 is 1.45 bits per heavy atom. The van der Waals surface area contributed by atoms with Crippen molar-refractivity contribution in [2.24, 2.45) is 5.92 Å². The summed E-state index contributed by atoms with van der Waals surface area (Å²) in [7, 11) is 0. The number of benzene rings is 1. The fourth-order valence-electron chi connectivity index (χ4n) is 2.33. The Labute approximate surface area is 121 Å². The number of amides is 1. The van der Waals surface area contributed by atoms with Crippen LogP contribution in [-0.4, -0.2) is 24.8 Å². The monoisotopic (exact) mass is 300 g/mol. The van der Waals surface area contributed by atoms with Gasteiger partial charge in [-0.05, 0) is 44.0 Å². The molecule has 1 heterocycles. The third kappa shape index (κ3) is 4.76. The van der Waals surface area contributed by atoms with Crippen molar-refractivity contribution in [3.63, 3.8) is 0 Å². The van der Waals surface area contributed by atoms with Gasteiger partial charge < -0.3 is 10.6 Å². The zero-order valence-electron chi connectivity index (χ0n) is 11.1. The fraction of sp³-hybridized carbons (Fsp3) is 0.500. The first kappa shape index (κ1) is 15.3. The Morgan fingerprint density at radius 2 is 2.25 bits per heavy atom. The molecule has 0 bridgehead atoms. The van der Waals surface area contributed by atoms with Crippen LogP contribution in [0.4, 0.5) is 14.5 Å². The zero-order chi connectivity index (χ0) is 14.4. The van der Waals surface area contributed by atoms with E-state index in [-0.39, 0.29) is 5.91 Å². The predicted molar refractivity (Wildman–Crippen MR) is 77.1 cm³/mol. The van der Waals surface area contributed by atoms with Crippen LogP contribution in [-0.2, 0) is 4.79 Å². The fourth-order valence-corrected chi connectivity index (χ4v) is 2.93. The summed E-state index contributed by atoms with van der Waals surface area (Å²) in [5.41, 5.74) is 0.464. The average Bonchev–Trinajstić information content (AvgIpc) is 2.41. The summed E-state index contributed by atoms with van der Waals surface area (Å²) >= 11 is 0.453. The van der Waals surface area contributed by atoms with Crippen molar-refractivity contribution < 1.29 is 13.6 Å². The molecule has 1 aromatic rings. The van der Waals surface area contributed by atoms with Crippen LogP contribution in [0.15, 0.2) is 29.2 Å². The van der Waals surface area contributed by atoms with Crippen molar-refractivity contribution in [3.8, 4) is 0 Å². The second-order valence-corrected chi connectivity index (χ2v) is 5.87. The van der Waals surface area contributed by atoms with Crippen molar-refractivity contribution in [1.82, 2.24) is 5.32 Å². The Balaban J connectivity index is 1.93. The number of carbonyl (C=O) groups excluding carboxylic acids is 1. The predicted octanol–water partition coefficient (Wildman–Crippen LogP) is 3.33. The Kier molecular flexibility index (Phi) is 5.79. The SMILES string of the molecule is O=C(CC1CCCNC1)Nc1ccccc1SC(F)F. The summed E-state index contributed by atoms with van der Waals surface area (Å²) in [5, 5.41) is 6.00. The molecule has 1 aliphatic rings. The van der Waals surface area contributed by atoms with E-state index in [0.29, 0.717) is 34.7 Å². The number of alkyl halides is 2. The van der Waals surface area contributed by atoms with Gasteiger partial charge in [-0.15, -0.1) is 0 Å². The first-order chi connectivity index (χ1) is 9.65. The summed E-state index contributed by atoms with van der Waals surface area (Å²) < 4.78 is 24.9. The lowest BCUT2D eigenvalue weighted by Crippen LogP contribution is -2.32. The highest BCUT2D eigenvalue weighted by molar-refractivity contribution is 7.99. The molecule has 6 heteroatoms. The minimum absolute atomic E-state index is 0.110. The quantitative estimate of drug-likeness (QED) is 0.820. The van der Waals surface area contributed by atoms with E-state index in [4.69, 9.17) is 0 Å². The summed E-state index contributed by atoms with van der Waals surface area (Å²) in [4.78, 5) is 12.4. The standard InChI is InChI=1S/C14H18F2N2OS/c15-14(16)20-12-6-2-1-5-11(12)18-13(19)8-10-4-3-7-17-9-10/h1-2,5-6,10,14,17H,3-4,7-9H2,(H,18,19). The molecule has 0 spiro atoms. The van der Waals surface area contributed by atoms with E-state index in [1.807, 2.05) is 0 Å². The Bertz CT molecular complexity index is 451. The molecule has 110 valence electrons. The van der Waals surface area contributed by atoms with E-state index in [2.05, 4.69) is 10.6 Å². The minimum atomic E-state index is -2.49. The minimum Gasteiger partial charge on any atom is -0.325 e. The molecule has 1 aliphatic heterocycles. The summed E-state index contributed by atoms with van der Waals surface area (Å²) in [6.07, 6.45) is 2.55. The van der Waals surface area contributed by atoms with E-state index >= 15 is 0 Å². The Hall–Kier alpha value is -1.14. The molecule has 20 heavy (non-hydrogen) atoms. The molecule has 0 aromatic heterocycles. The number of carbonyl (C=O) groups is 1. The van der Waals surface area contributed by atoms with Crippen LogP contribution >= 0.6 is 11.8 Å². The highest BCUT2D eigenvalue weighted by atomic mass is 32.2. The number of anilines is 1. The first-order valence-electron chi connectivity index (χ1n) is 6.69. The molecule has 1 atom stereocenters. The number of halogens is 2. The molecule has 0 saturated carbocycles. The Morgan fingerprint density at radius 3 is 2.95 bits per heavy atom. The molecule has 0 radical (unpaired) electrons. The molecule has 2 rings (SSSR count). The molecule has 3 nitrogen and oxygen atoms in total. The molecule has 2 N–H and O–H groups in total. The highest BCUT2D eigenvalue weighted by Crippen LogP contribution is 2.31. The number of para-hydroxylation sites is 1. The molecule has 0 aliphatic carbocycles. The maximum absolute atomic E-state index is 12.5. The lowest BCUT2D eigenvalue weighted by atomic mass is 9.96. The third-order valence-corrected chi connectivity index (χ3v) is 4.04. The number of piperidine rings is 1. The van der Waals surface area contributed by atoms with Crippen LogP contribution in [0, 0.1) is 5.92 Å². The zero-order valence-corrected chi connectivity index (χ0v) is 11.9. The number of nitrogens with one attached hydrogen (secondary N) is 2. The lowest BCUT2D eigenvalue weighted by Gasteiger charge is -2.22. The summed E-state index contributed by atoms with van der Waals surface area (Å²) in [6, 6.07) is 6.66. The lowest BCUT2D eigenvalue weighted by molar-refractivity contribution is -0.117. The number of hydrogen-bond acceptors (Lipinski definition) is 3. The van der Waals surface area contributed by atoms with Gasteiger partial charge in [-0.1, -0.05) is 23.9 Å². The number of hydrogen-bond donors (Lipinski definition) is 2. The van der Waals surface area contributed by atoms with Crippen LogP contribution in [0.5, 0.6) is 0 Å². The molecule has 1 fully saturated rings. The van der Waals surface area contributed by atoms with Crippen molar-refractivity contribution >= 4 is 23.4 Å². The maximum Gasteiger partial charge on any atom is 0.288 e. The van der Waals surface area contributed by atoms with E-state index < -0.39 is 5.76 Å². The largest absolute Gasteiger partial charge is 0.325 e. The van der Waals surface area contributed by atoms with Gasteiger partial charge in [-0.3, -0.25) is 4.79 Å². The van der Waals surface area contributed by atoms with Gasteiger partial charge in [0.05, 0.1) is 5.69 Å². The van der Waals surface area contributed by atoms with E-state index in [0.717, 1.165) is 25.9 Å². The van der Waals surface area contributed by atoms with Gasteiger partial charge in [-0.25, -0.2) is 0 Å². The highest BCUT2D eigenvalue weighted by Gasteiger charge is 2.18. The molecule has 1 amide bonds. The average molecular weight is 300 g/mol. The molecule has 1 unspecified atom stereocenters. The van der Waals surface area contributed by atoms with Crippen LogP contribution in [0.25, 0.3) is 0 Å². The maximum atomic E-state index is 12.5. The van der Waals surface area contributed by atoms with Gasteiger partial charge in [0.1, 0.15) is 0 Å². The molecule has 1 saturated heterocycles. The van der Waals surface area contributed by atoms with Gasteiger partial charge in [0.2, 0.25) is 5.91 Å². The van der Waals surface area contributed by atoms with Gasteiger partial charge in [0, 0.05) is 11.3 Å². The van der Waals surface area contributed by atoms with Crippen LogP contribution in [0.2, 0.25) is 0 Å². The van der Waals surface area contributed by atoms with Gasteiger partial charge in [-0.2, -0.15) is 8.78 Å². The van der Waals surface area contributed by atoms with E-state index in [1.54, 1.807) is 24.3 Å². The van der Waals surface area contributed by atoms with E-state index in [9.17, 15) is 13.6 Å². The van der Waals surface area contributed by atoms with Gasteiger partial charge in [0.25, 0.3) is 5.76 Å². The van der Waals surface area contributed by atoms with Crippen molar-refractivity contribution in [3.05, 3.63) is 24.3 Å². The molecular formula is C14H18F2N2OS. The van der Waals surface area contributed by atoms with Crippen LogP contribution in [0.3, 0.4) is 0 Å². The van der Waals surface area contributed by atoms with Gasteiger partial charge >= 0.3 is 0 Å². The molecular weight excluding hydrogens is 282 g/mol. The second-order valence-electron chi connectivity index (χ2n) is 4.84. The third-order valence-electron chi connectivity index (χ3n) is 3.25. The van der Waals surface area contributed by atoms with Crippen molar-refractivity contribution in [2.45, 2.75) is 29.9 Å². The number of thioether (sulfide) groups is 1. The number of rotatable bonds is 5. The first-order valence-corrected chi connectivity index (χ1v) is 7.57. The van der Waals surface area contributed by atoms with Crippen LogP contribution < -0.4 is 10.6 Å².